The zero-order chi connectivity index (χ0) is 14.4. The Bertz CT molecular complexity index is 490. The number of hydrogen-bond donors (Lipinski definition) is 1. The van der Waals surface area contributed by atoms with Crippen LogP contribution in [0.25, 0.3) is 0 Å². The molecule has 1 unspecified atom stereocenters. The van der Waals surface area contributed by atoms with Gasteiger partial charge in [0.2, 0.25) is 0 Å². The topological polar surface area (TPSA) is 25.2 Å². The molecule has 0 aliphatic heterocycles. The standard InChI is InChI=1S/C17H22ClNO/c1-13(2)19-11-16(10-15-7-8-20-12-15)9-14-3-5-17(18)6-4-14/h3-8,12-13,16,19H,9-11H2,1-2H3. The Labute approximate surface area is 126 Å². The number of benzene rings is 1. The first-order valence-electron chi connectivity index (χ1n) is 7.12. The third-order valence-corrected chi connectivity index (χ3v) is 3.61. The van der Waals surface area contributed by atoms with Gasteiger partial charge in [0.15, 0.2) is 0 Å². The third-order valence-electron chi connectivity index (χ3n) is 3.36. The summed E-state index contributed by atoms with van der Waals surface area (Å²) in [6, 6.07) is 10.7. The lowest BCUT2D eigenvalue weighted by Gasteiger charge is -2.19. The summed E-state index contributed by atoms with van der Waals surface area (Å²) in [5.41, 5.74) is 2.59. The molecule has 0 saturated carbocycles. The molecule has 0 aliphatic carbocycles. The lowest BCUT2D eigenvalue weighted by molar-refractivity contribution is 0.442. The lowest BCUT2D eigenvalue weighted by atomic mass is 9.93. The maximum Gasteiger partial charge on any atom is 0.0934 e. The predicted octanol–water partition coefficient (Wildman–Crippen LogP) is 4.33. The van der Waals surface area contributed by atoms with E-state index in [9.17, 15) is 0 Å². The van der Waals surface area contributed by atoms with Crippen LogP contribution in [-0.4, -0.2) is 12.6 Å². The summed E-state index contributed by atoms with van der Waals surface area (Å²) < 4.78 is 5.17. The van der Waals surface area contributed by atoms with Crippen LogP contribution in [0.3, 0.4) is 0 Å². The fraction of sp³-hybridized carbons (Fsp3) is 0.412. The molecule has 3 heteroatoms. The molecule has 0 fully saturated rings. The summed E-state index contributed by atoms with van der Waals surface area (Å²) in [5, 5.41) is 4.33. The van der Waals surface area contributed by atoms with Crippen molar-refractivity contribution in [3.63, 3.8) is 0 Å². The average Bonchev–Trinajstić information content (AvgIpc) is 2.91. The van der Waals surface area contributed by atoms with Crippen LogP contribution < -0.4 is 5.32 Å². The van der Waals surface area contributed by atoms with Crippen LogP contribution in [0.2, 0.25) is 5.02 Å². The van der Waals surface area contributed by atoms with Gasteiger partial charge in [0.1, 0.15) is 0 Å². The summed E-state index contributed by atoms with van der Waals surface area (Å²) in [6.45, 7) is 5.36. The summed E-state index contributed by atoms with van der Waals surface area (Å²) in [4.78, 5) is 0. The molecule has 0 spiro atoms. The van der Waals surface area contributed by atoms with Crippen LogP contribution in [0.5, 0.6) is 0 Å². The van der Waals surface area contributed by atoms with E-state index in [-0.39, 0.29) is 0 Å². The van der Waals surface area contributed by atoms with Crippen molar-refractivity contribution >= 4 is 11.6 Å². The highest BCUT2D eigenvalue weighted by atomic mass is 35.5. The molecule has 1 N–H and O–H groups in total. The van der Waals surface area contributed by atoms with Crippen molar-refractivity contribution < 1.29 is 4.42 Å². The summed E-state index contributed by atoms with van der Waals surface area (Å²) >= 11 is 5.94. The molecule has 0 saturated heterocycles. The zero-order valence-corrected chi connectivity index (χ0v) is 12.9. The molecule has 1 aromatic carbocycles. The quantitative estimate of drug-likeness (QED) is 0.821. The van der Waals surface area contributed by atoms with Gasteiger partial charge in [0, 0.05) is 11.1 Å². The molecule has 1 heterocycles. The summed E-state index contributed by atoms with van der Waals surface area (Å²) in [6.07, 6.45) is 5.65. The predicted molar refractivity (Wildman–Crippen MR) is 84.2 cm³/mol. The molecule has 20 heavy (non-hydrogen) atoms. The maximum absolute atomic E-state index is 5.94. The second kappa shape index (κ2) is 7.51. The number of nitrogens with one attached hydrogen (secondary N) is 1. The van der Waals surface area contributed by atoms with Gasteiger partial charge in [-0.2, -0.15) is 0 Å². The van der Waals surface area contributed by atoms with Gasteiger partial charge in [-0.05, 0) is 54.6 Å². The van der Waals surface area contributed by atoms with Crippen molar-refractivity contribution in [2.75, 3.05) is 6.54 Å². The molecular formula is C17H22ClNO. The van der Waals surface area contributed by atoms with E-state index < -0.39 is 0 Å². The Morgan fingerprint density at radius 1 is 1.05 bits per heavy atom. The van der Waals surface area contributed by atoms with Crippen LogP contribution in [0.1, 0.15) is 25.0 Å². The first-order valence-corrected chi connectivity index (χ1v) is 7.50. The zero-order valence-electron chi connectivity index (χ0n) is 12.1. The van der Waals surface area contributed by atoms with Gasteiger partial charge in [-0.15, -0.1) is 0 Å². The molecule has 0 bridgehead atoms. The first-order chi connectivity index (χ1) is 9.63. The van der Waals surface area contributed by atoms with Gasteiger partial charge in [-0.3, -0.25) is 0 Å². The van der Waals surface area contributed by atoms with Crippen molar-refractivity contribution in [3.8, 4) is 0 Å². The van der Waals surface area contributed by atoms with Crippen molar-refractivity contribution in [2.24, 2.45) is 5.92 Å². The van der Waals surface area contributed by atoms with Crippen LogP contribution in [0.4, 0.5) is 0 Å². The Kier molecular flexibility index (Phi) is 5.69. The van der Waals surface area contributed by atoms with Crippen LogP contribution in [0, 0.1) is 5.92 Å². The first kappa shape index (κ1) is 15.1. The van der Waals surface area contributed by atoms with Crippen molar-refractivity contribution in [1.82, 2.24) is 5.32 Å². The van der Waals surface area contributed by atoms with Gasteiger partial charge in [0.25, 0.3) is 0 Å². The van der Waals surface area contributed by atoms with Crippen molar-refractivity contribution in [2.45, 2.75) is 32.7 Å². The second-order valence-corrected chi connectivity index (χ2v) is 6.03. The van der Waals surface area contributed by atoms with E-state index in [2.05, 4.69) is 31.3 Å². The van der Waals surface area contributed by atoms with Gasteiger partial charge < -0.3 is 9.73 Å². The SMILES string of the molecule is CC(C)NCC(Cc1ccc(Cl)cc1)Cc1ccoc1. The molecule has 1 atom stereocenters. The highest BCUT2D eigenvalue weighted by molar-refractivity contribution is 6.30. The number of furan rings is 1. The molecule has 0 aliphatic rings. The summed E-state index contributed by atoms with van der Waals surface area (Å²) in [7, 11) is 0. The summed E-state index contributed by atoms with van der Waals surface area (Å²) in [5.74, 6) is 0.552. The van der Waals surface area contributed by atoms with E-state index in [0.717, 1.165) is 24.4 Å². The molecule has 2 nitrogen and oxygen atoms in total. The van der Waals surface area contributed by atoms with Crippen LogP contribution in [0.15, 0.2) is 47.3 Å². The van der Waals surface area contributed by atoms with Gasteiger partial charge in [-0.25, -0.2) is 0 Å². The van der Waals surface area contributed by atoms with E-state index in [1.807, 2.05) is 24.5 Å². The largest absolute Gasteiger partial charge is 0.472 e. The van der Waals surface area contributed by atoms with E-state index in [1.54, 1.807) is 6.26 Å². The fourth-order valence-electron chi connectivity index (χ4n) is 2.31. The van der Waals surface area contributed by atoms with Crippen LogP contribution >= 0.6 is 11.6 Å². The average molecular weight is 292 g/mol. The number of hydrogen-bond acceptors (Lipinski definition) is 2. The number of halogens is 1. The molecule has 2 aromatic rings. The molecule has 0 amide bonds. The highest BCUT2D eigenvalue weighted by Gasteiger charge is 2.12. The lowest BCUT2D eigenvalue weighted by Crippen LogP contribution is -2.31. The van der Waals surface area contributed by atoms with E-state index in [1.165, 1.54) is 11.1 Å². The van der Waals surface area contributed by atoms with Crippen molar-refractivity contribution in [3.05, 3.63) is 59.0 Å². The monoisotopic (exact) mass is 291 g/mol. The van der Waals surface area contributed by atoms with Crippen LogP contribution in [-0.2, 0) is 12.8 Å². The molecule has 2 rings (SSSR count). The van der Waals surface area contributed by atoms with E-state index >= 15 is 0 Å². The van der Waals surface area contributed by atoms with Gasteiger partial charge >= 0.3 is 0 Å². The van der Waals surface area contributed by atoms with Gasteiger partial charge in [-0.1, -0.05) is 37.6 Å². The van der Waals surface area contributed by atoms with E-state index in [0.29, 0.717) is 12.0 Å². The minimum atomic E-state index is 0.507. The minimum absolute atomic E-state index is 0.507. The molecule has 108 valence electrons. The maximum atomic E-state index is 5.94. The fourth-order valence-corrected chi connectivity index (χ4v) is 2.44. The Morgan fingerprint density at radius 2 is 1.75 bits per heavy atom. The van der Waals surface area contributed by atoms with Crippen molar-refractivity contribution in [1.29, 1.82) is 0 Å². The highest BCUT2D eigenvalue weighted by Crippen LogP contribution is 2.17. The Hall–Kier alpha value is -1.25. The second-order valence-electron chi connectivity index (χ2n) is 5.60. The molecule has 0 radical (unpaired) electrons. The minimum Gasteiger partial charge on any atom is -0.472 e. The third kappa shape index (κ3) is 5.03. The Morgan fingerprint density at radius 3 is 2.35 bits per heavy atom. The Balaban J connectivity index is 1.99. The molecule has 1 aromatic heterocycles. The number of rotatable bonds is 7. The normalized spacial score (nSPS) is 12.8. The smallest absolute Gasteiger partial charge is 0.0934 e. The van der Waals surface area contributed by atoms with Gasteiger partial charge in [0.05, 0.1) is 12.5 Å². The van der Waals surface area contributed by atoms with E-state index in [4.69, 9.17) is 16.0 Å². The molecular weight excluding hydrogens is 270 g/mol.